The fourth-order valence-electron chi connectivity index (χ4n) is 3.83. The fourth-order valence-corrected chi connectivity index (χ4v) is 3.83. The average Bonchev–Trinajstić information content (AvgIpc) is 3.16. The lowest BCUT2D eigenvalue weighted by atomic mass is 9.97. The first kappa shape index (κ1) is 25.2. The van der Waals surface area contributed by atoms with Crippen LogP contribution in [0.1, 0.15) is 37.4 Å². The highest BCUT2D eigenvalue weighted by Crippen LogP contribution is 2.18. The molecule has 0 bridgehead atoms. The molecule has 1 fully saturated rings. The Morgan fingerprint density at radius 1 is 1.26 bits per heavy atom. The van der Waals surface area contributed by atoms with Gasteiger partial charge in [0.2, 0.25) is 0 Å². The fraction of sp³-hybridized carbons (Fsp3) is 0.522. The van der Waals surface area contributed by atoms with Crippen molar-refractivity contribution in [2.24, 2.45) is 10.9 Å². The summed E-state index contributed by atoms with van der Waals surface area (Å²) in [5.74, 6) is 0.860. The maximum Gasteiger partial charge on any atom is 0.308 e. The van der Waals surface area contributed by atoms with Crippen LogP contribution in [0.3, 0.4) is 0 Å². The van der Waals surface area contributed by atoms with E-state index in [0.29, 0.717) is 0 Å². The molecule has 0 atom stereocenters. The van der Waals surface area contributed by atoms with Gasteiger partial charge in [0.25, 0.3) is 0 Å². The van der Waals surface area contributed by atoms with Crippen molar-refractivity contribution in [3.63, 3.8) is 0 Å². The summed E-state index contributed by atoms with van der Waals surface area (Å²) in [6.07, 6.45) is 5.67. The van der Waals surface area contributed by atoms with Crippen LogP contribution in [-0.2, 0) is 16.0 Å². The Morgan fingerprint density at radius 3 is 2.61 bits per heavy atom. The lowest BCUT2D eigenvalue weighted by Gasteiger charge is -2.33. The Kier molecular flexibility index (Phi) is 10.3. The number of likely N-dealkylation sites (tertiary alicyclic amines) is 1. The number of methoxy groups -OCH3 is 1. The molecule has 31 heavy (non-hydrogen) atoms. The highest BCUT2D eigenvalue weighted by Gasteiger charge is 2.26. The summed E-state index contributed by atoms with van der Waals surface area (Å²) in [6, 6.07) is 10.2. The van der Waals surface area contributed by atoms with Gasteiger partial charge in [0.15, 0.2) is 5.96 Å². The number of para-hydroxylation sites is 1. The number of aromatic nitrogens is 2. The zero-order valence-corrected chi connectivity index (χ0v) is 21.0. The van der Waals surface area contributed by atoms with Crippen molar-refractivity contribution in [1.82, 2.24) is 20.0 Å². The number of rotatable bonds is 7. The Hall–Kier alpha value is -2.10. The minimum Gasteiger partial charge on any atom is -0.469 e. The number of benzene rings is 1. The van der Waals surface area contributed by atoms with Gasteiger partial charge in [-0.1, -0.05) is 18.2 Å². The monoisotopic (exact) mass is 539 g/mol. The molecule has 1 aliphatic heterocycles. The highest BCUT2D eigenvalue weighted by atomic mass is 127. The number of nitrogens with one attached hydrogen (secondary N) is 1. The number of ether oxygens (including phenoxy) is 1. The third kappa shape index (κ3) is 6.95. The normalized spacial score (nSPS) is 14.8. The maximum absolute atomic E-state index is 11.7. The van der Waals surface area contributed by atoms with Crippen LogP contribution < -0.4 is 5.32 Å². The number of carbonyl (C=O) groups is 1. The van der Waals surface area contributed by atoms with Crippen LogP contribution in [0.15, 0.2) is 41.5 Å². The summed E-state index contributed by atoms with van der Waals surface area (Å²) < 4.78 is 6.83. The molecule has 2 heterocycles. The molecule has 0 aliphatic carbocycles. The Balaban J connectivity index is 0.00000341. The molecule has 1 aliphatic rings. The van der Waals surface area contributed by atoms with Crippen molar-refractivity contribution in [2.75, 3.05) is 33.3 Å². The molecular weight excluding hydrogens is 505 g/mol. The summed E-state index contributed by atoms with van der Waals surface area (Å²) >= 11 is 0. The van der Waals surface area contributed by atoms with Crippen molar-refractivity contribution in [2.45, 2.75) is 39.5 Å². The van der Waals surface area contributed by atoms with Gasteiger partial charge in [-0.25, -0.2) is 4.68 Å². The van der Waals surface area contributed by atoms with Crippen LogP contribution in [0.2, 0.25) is 0 Å². The van der Waals surface area contributed by atoms with Crippen molar-refractivity contribution in [3.05, 3.63) is 47.8 Å². The largest absolute Gasteiger partial charge is 0.469 e. The lowest BCUT2D eigenvalue weighted by molar-refractivity contribution is -0.146. The topological polar surface area (TPSA) is 71.8 Å². The SMILES string of the molecule is CCNC(=NCCCc1cn(-c2ccccc2)nc1C)N1CCC(C(=O)OC)CC1.I. The number of nitrogens with zero attached hydrogens (tertiary/aromatic N) is 4. The van der Waals surface area contributed by atoms with E-state index in [2.05, 4.69) is 47.5 Å². The van der Waals surface area contributed by atoms with Gasteiger partial charge in [-0.15, -0.1) is 24.0 Å². The Labute approximate surface area is 202 Å². The second-order valence-corrected chi connectivity index (χ2v) is 7.64. The number of guanidine groups is 1. The van der Waals surface area contributed by atoms with E-state index in [0.717, 1.165) is 69.2 Å². The van der Waals surface area contributed by atoms with E-state index >= 15 is 0 Å². The molecule has 170 valence electrons. The zero-order chi connectivity index (χ0) is 21.3. The maximum atomic E-state index is 11.7. The Morgan fingerprint density at radius 2 is 1.97 bits per heavy atom. The van der Waals surface area contributed by atoms with Crippen LogP contribution >= 0.6 is 24.0 Å². The van der Waals surface area contributed by atoms with E-state index in [-0.39, 0.29) is 35.9 Å². The number of esters is 1. The molecule has 7 nitrogen and oxygen atoms in total. The number of carbonyl (C=O) groups excluding carboxylic acids is 1. The standard InChI is InChI=1S/C23H33N5O2.HI/c1-4-24-23(27-15-12-19(13-16-27)22(29)30-3)25-14-8-9-20-17-28(26-18(20)2)21-10-6-5-7-11-21;/h5-7,10-11,17,19H,4,8-9,12-16H2,1-3H3,(H,24,25);1H. The minimum atomic E-state index is -0.0944. The van der Waals surface area contributed by atoms with E-state index in [9.17, 15) is 4.79 Å². The first-order valence-corrected chi connectivity index (χ1v) is 10.8. The summed E-state index contributed by atoms with van der Waals surface area (Å²) in [5, 5.41) is 8.04. The van der Waals surface area contributed by atoms with Crippen molar-refractivity contribution in [1.29, 1.82) is 0 Å². The molecule has 1 saturated heterocycles. The summed E-state index contributed by atoms with van der Waals surface area (Å²) in [4.78, 5) is 18.8. The number of halogens is 1. The van der Waals surface area contributed by atoms with Gasteiger partial charge in [0, 0.05) is 32.4 Å². The molecule has 0 amide bonds. The third-order valence-corrected chi connectivity index (χ3v) is 5.55. The highest BCUT2D eigenvalue weighted by molar-refractivity contribution is 14.0. The summed E-state index contributed by atoms with van der Waals surface area (Å²) in [7, 11) is 1.46. The molecule has 2 aromatic rings. The van der Waals surface area contributed by atoms with Gasteiger partial charge in [0.1, 0.15) is 0 Å². The zero-order valence-electron chi connectivity index (χ0n) is 18.7. The first-order chi connectivity index (χ1) is 14.6. The van der Waals surface area contributed by atoms with Crippen molar-refractivity contribution >= 4 is 35.9 Å². The van der Waals surface area contributed by atoms with E-state index in [1.165, 1.54) is 12.7 Å². The third-order valence-electron chi connectivity index (χ3n) is 5.55. The molecule has 0 unspecified atom stereocenters. The quantitative estimate of drug-likeness (QED) is 0.192. The molecule has 0 radical (unpaired) electrons. The van der Waals surface area contributed by atoms with E-state index in [4.69, 9.17) is 9.73 Å². The van der Waals surface area contributed by atoms with E-state index in [1.807, 2.05) is 22.9 Å². The minimum absolute atomic E-state index is 0. The molecule has 8 heteroatoms. The Bertz CT molecular complexity index is 845. The second-order valence-electron chi connectivity index (χ2n) is 7.64. The van der Waals surface area contributed by atoms with Crippen molar-refractivity contribution < 1.29 is 9.53 Å². The van der Waals surface area contributed by atoms with Gasteiger partial charge < -0.3 is 15.0 Å². The van der Waals surface area contributed by atoms with Crippen LogP contribution in [0, 0.1) is 12.8 Å². The summed E-state index contributed by atoms with van der Waals surface area (Å²) in [5.41, 5.74) is 3.41. The molecule has 3 rings (SSSR count). The number of aryl methyl sites for hydroxylation is 2. The molecule has 0 saturated carbocycles. The smallest absolute Gasteiger partial charge is 0.308 e. The summed E-state index contributed by atoms with van der Waals surface area (Å²) in [6.45, 7) is 7.39. The van der Waals surface area contributed by atoms with Gasteiger partial charge >= 0.3 is 5.97 Å². The second kappa shape index (κ2) is 12.7. The lowest BCUT2D eigenvalue weighted by Crippen LogP contribution is -2.46. The van der Waals surface area contributed by atoms with Gasteiger partial charge in [-0.3, -0.25) is 9.79 Å². The average molecular weight is 539 g/mol. The van der Waals surface area contributed by atoms with Gasteiger partial charge in [0.05, 0.1) is 24.4 Å². The van der Waals surface area contributed by atoms with E-state index in [1.54, 1.807) is 0 Å². The number of piperidine rings is 1. The molecule has 1 aromatic heterocycles. The van der Waals surface area contributed by atoms with Crippen LogP contribution in [0.5, 0.6) is 0 Å². The molecule has 1 N–H and O–H groups in total. The van der Waals surface area contributed by atoms with E-state index < -0.39 is 0 Å². The predicted molar refractivity (Wildman–Crippen MR) is 134 cm³/mol. The van der Waals surface area contributed by atoms with Crippen LogP contribution in [-0.4, -0.2) is 59.9 Å². The number of hydrogen-bond donors (Lipinski definition) is 1. The molecule has 0 spiro atoms. The van der Waals surface area contributed by atoms with Crippen LogP contribution in [0.25, 0.3) is 5.69 Å². The molecule has 1 aromatic carbocycles. The van der Waals surface area contributed by atoms with Crippen LogP contribution in [0.4, 0.5) is 0 Å². The number of hydrogen-bond acceptors (Lipinski definition) is 4. The number of aliphatic imine (C=N–C) groups is 1. The first-order valence-electron chi connectivity index (χ1n) is 10.8. The van der Waals surface area contributed by atoms with Gasteiger partial charge in [-0.05, 0) is 57.2 Å². The molecular formula is C23H34IN5O2. The predicted octanol–water partition coefficient (Wildman–Crippen LogP) is 3.58. The van der Waals surface area contributed by atoms with Gasteiger partial charge in [-0.2, -0.15) is 5.10 Å². The van der Waals surface area contributed by atoms with Crippen molar-refractivity contribution in [3.8, 4) is 5.69 Å².